The van der Waals surface area contributed by atoms with Crippen LogP contribution in [-0.4, -0.2) is 44.3 Å². The van der Waals surface area contributed by atoms with Crippen molar-refractivity contribution in [1.82, 2.24) is 10.2 Å². The van der Waals surface area contributed by atoms with Crippen LogP contribution in [0.3, 0.4) is 0 Å². The Kier molecular flexibility index (Phi) is 11.1. The number of sulfonamides is 1. The van der Waals surface area contributed by atoms with E-state index in [9.17, 15) is 18.0 Å². The topological polar surface area (TPSA) is 86.8 Å². The van der Waals surface area contributed by atoms with Gasteiger partial charge in [-0.3, -0.25) is 13.9 Å². The van der Waals surface area contributed by atoms with Gasteiger partial charge in [0.15, 0.2) is 0 Å². The Morgan fingerprint density at radius 3 is 2.14 bits per heavy atom. The van der Waals surface area contributed by atoms with Crippen LogP contribution >= 0.6 is 15.9 Å². The van der Waals surface area contributed by atoms with Crippen molar-refractivity contribution in [3.63, 3.8) is 0 Å². The summed E-state index contributed by atoms with van der Waals surface area (Å²) in [5, 5.41) is 2.96. The Balaban J connectivity index is 1.79. The zero-order valence-corrected chi connectivity index (χ0v) is 26.7. The molecule has 0 bridgehead atoms. The fourth-order valence-electron chi connectivity index (χ4n) is 4.81. The highest BCUT2D eigenvalue weighted by Crippen LogP contribution is 2.27. The maximum atomic E-state index is 14.4. The molecule has 0 saturated carbocycles. The molecule has 0 fully saturated rings. The molecule has 4 aromatic carbocycles. The number of aryl methyl sites for hydroxylation is 1. The molecule has 2 amide bonds. The number of hydrogen-bond donors (Lipinski definition) is 1. The fourth-order valence-corrected chi connectivity index (χ4v) is 6.62. The molecular weight excluding hydrogens is 626 g/mol. The van der Waals surface area contributed by atoms with Gasteiger partial charge in [0.1, 0.15) is 12.6 Å². The molecule has 224 valence electrons. The van der Waals surface area contributed by atoms with Gasteiger partial charge in [-0.1, -0.05) is 107 Å². The lowest BCUT2D eigenvalue weighted by Crippen LogP contribution is -2.53. The number of nitrogens with one attached hydrogen (secondary N) is 1. The van der Waals surface area contributed by atoms with Crippen LogP contribution in [0.25, 0.3) is 0 Å². The van der Waals surface area contributed by atoms with Crippen molar-refractivity contribution in [2.45, 2.75) is 44.2 Å². The first-order chi connectivity index (χ1) is 20.7. The lowest BCUT2D eigenvalue weighted by atomic mass is 10.0. The number of nitrogens with zero attached hydrogens (tertiary/aromatic N) is 2. The molecule has 0 radical (unpaired) electrons. The van der Waals surface area contributed by atoms with E-state index in [1.54, 1.807) is 42.5 Å². The van der Waals surface area contributed by atoms with Crippen molar-refractivity contribution in [2.24, 2.45) is 0 Å². The van der Waals surface area contributed by atoms with Crippen LogP contribution < -0.4 is 9.62 Å². The molecular formula is C34H36BrN3O4S. The van der Waals surface area contributed by atoms with Gasteiger partial charge in [-0.2, -0.15) is 0 Å². The second-order valence-corrected chi connectivity index (χ2v) is 13.1. The van der Waals surface area contributed by atoms with Crippen molar-refractivity contribution >= 4 is 43.5 Å². The third kappa shape index (κ3) is 8.55. The van der Waals surface area contributed by atoms with Crippen LogP contribution in [0.15, 0.2) is 119 Å². The summed E-state index contributed by atoms with van der Waals surface area (Å²) >= 11 is 3.43. The Bertz CT molecular complexity index is 1630. The van der Waals surface area contributed by atoms with Crippen LogP contribution in [0.4, 0.5) is 5.69 Å². The standard InChI is InChI=1S/C34H36BrN3O4S/c1-3-20-36-34(40)32(22-27-13-6-4-7-14-27)37(24-28-15-10-12-26(2)21-28)33(39)25-38(30-17-11-16-29(35)23-30)43(41,42)31-18-8-5-9-19-31/h4-19,21,23,32H,3,20,22,24-25H2,1-2H3,(H,36,40). The Hall–Kier alpha value is -3.95. The van der Waals surface area contributed by atoms with Crippen LogP contribution in [0.1, 0.15) is 30.0 Å². The largest absolute Gasteiger partial charge is 0.354 e. The highest BCUT2D eigenvalue weighted by atomic mass is 79.9. The minimum atomic E-state index is -4.13. The van der Waals surface area contributed by atoms with Crippen LogP contribution in [-0.2, 0) is 32.6 Å². The van der Waals surface area contributed by atoms with Gasteiger partial charge in [-0.15, -0.1) is 0 Å². The van der Waals surface area contributed by atoms with E-state index in [2.05, 4.69) is 21.2 Å². The summed E-state index contributed by atoms with van der Waals surface area (Å²) in [6, 6.07) is 31.3. The quantitative estimate of drug-likeness (QED) is 0.187. The van der Waals surface area contributed by atoms with Crippen LogP contribution in [0.2, 0.25) is 0 Å². The number of benzene rings is 4. The maximum Gasteiger partial charge on any atom is 0.264 e. The lowest BCUT2D eigenvalue weighted by Gasteiger charge is -2.34. The second kappa shape index (κ2) is 15.0. The van der Waals surface area contributed by atoms with Gasteiger partial charge in [0, 0.05) is 24.0 Å². The zero-order valence-electron chi connectivity index (χ0n) is 24.3. The molecule has 0 spiro atoms. The molecule has 43 heavy (non-hydrogen) atoms. The highest BCUT2D eigenvalue weighted by molar-refractivity contribution is 9.10. The maximum absolute atomic E-state index is 14.4. The zero-order chi connectivity index (χ0) is 30.8. The number of carbonyl (C=O) groups excluding carboxylic acids is 2. The van der Waals surface area contributed by atoms with E-state index in [-0.39, 0.29) is 23.8 Å². The molecule has 4 aromatic rings. The van der Waals surface area contributed by atoms with Crippen LogP contribution in [0.5, 0.6) is 0 Å². The predicted molar refractivity (Wildman–Crippen MR) is 174 cm³/mol. The first-order valence-corrected chi connectivity index (χ1v) is 16.4. The monoisotopic (exact) mass is 661 g/mol. The lowest BCUT2D eigenvalue weighted by molar-refractivity contribution is -0.140. The molecule has 0 heterocycles. The predicted octanol–water partition coefficient (Wildman–Crippen LogP) is 6.12. The number of halogens is 1. The van der Waals surface area contributed by atoms with Crippen molar-refractivity contribution in [2.75, 3.05) is 17.4 Å². The fraction of sp³-hybridized carbons (Fsp3) is 0.235. The van der Waals surface area contributed by atoms with E-state index in [0.717, 1.165) is 27.4 Å². The van der Waals surface area contributed by atoms with E-state index in [1.165, 1.54) is 17.0 Å². The number of carbonyl (C=O) groups is 2. The van der Waals surface area contributed by atoms with Crippen molar-refractivity contribution in [3.05, 3.63) is 130 Å². The van der Waals surface area contributed by atoms with E-state index in [1.807, 2.05) is 68.4 Å². The SMILES string of the molecule is CCCNC(=O)C(Cc1ccccc1)N(Cc1cccc(C)c1)C(=O)CN(c1cccc(Br)c1)S(=O)(=O)c1ccccc1. The van der Waals surface area contributed by atoms with E-state index < -0.39 is 28.5 Å². The van der Waals surface area contributed by atoms with Crippen molar-refractivity contribution < 1.29 is 18.0 Å². The summed E-state index contributed by atoms with van der Waals surface area (Å²) in [7, 11) is -4.13. The third-order valence-electron chi connectivity index (χ3n) is 6.96. The summed E-state index contributed by atoms with van der Waals surface area (Å²) < 4.78 is 29.8. The van der Waals surface area contributed by atoms with Gasteiger partial charge in [-0.25, -0.2) is 8.42 Å². The van der Waals surface area contributed by atoms with Crippen molar-refractivity contribution in [3.8, 4) is 0 Å². The molecule has 0 aromatic heterocycles. The Labute approximate surface area is 262 Å². The van der Waals surface area contributed by atoms with Gasteiger partial charge in [0.25, 0.3) is 10.0 Å². The number of amides is 2. The van der Waals surface area contributed by atoms with Gasteiger partial charge in [0.2, 0.25) is 11.8 Å². The normalized spacial score (nSPS) is 11.9. The first kappa shape index (κ1) is 32.0. The summed E-state index contributed by atoms with van der Waals surface area (Å²) in [4.78, 5) is 29.7. The Morgan fingerprint density at radius 2 is 1.49 bits per heavy atom. The number of hydrogen-bond acceptors (Lipinski definition) is 4. The van der Waals surface area contributed by atoms with Crippen molar-refractivity contribution in [1.29, 1.82) is 0 Å². The summed E-state index contributed by atoms with van der Waals surface area (Å²) in [5.74, 6) is -0.778. The molecule has 1 N–H and O–H groups in total. The van der Waals surface area contributed by atoms with Gasteiger partial charge in [0.05, 0.1) is 10.6 Å². The van der Waals surface area contributed by atoms with E-state index in [4.69, 9.17) is 0 Å². The molecule has 9 heteroatoms. The van der Waals surface area contributed by atoms with Gasteiger partial charge >= 0.3 is 0 Å². The summed E-state index contributed by atoms with van der Waals surface area (Å²) in [6.45, 7) is 4.03. The van der Waals surface area contributed by atoms with Crippen LogP contribution in [0, 0.1) is 6.92 Å². The summed E-state index contributed by atoms with van der Waals surface area (Å²) in [6.07, 6.45) is 1.01. The minimum absolute atomic E-state index is 0.0644. The molecule has 0 aliphatic rings. The molecule has 0 saturated heterocycles. The Morgan fingerprint density at radius 1 is 0.837 bits per heavy atom. The minimum Gasteiger partial charge on any atom is -0.354 e. The van der Waals surface area contributed by atoms with E-state index in [0.29, 0.717) is 16.7 Å². The average Bonchev–Trinajstić information content (AvgIpc) is 3.01. The van der Waals surface area contributed by atoms with Gasteiger partial charge < -0.3 is 10.2 Å². The average molecular weight is 663 g/mol. The highest BCUT2D eigenvalue weighted by Gasteiger charge is 2.34. The molecule has 1 atom stereocenters. The number of anilines is 1. The first-order valence-electron chi connectivity index (χ1n) is 14.2. The molecule has 0 aliphatic carbocycles. The van der Waals surface area contributed by atoms with E-state index >= 15 is 0 Å². The molecule has 7 nitrogen and oxygen atoms in total. The van der Waals surface area contributed by atoms with Gasteiger partial charge in [-0.05, 0) is 54.8 Å². The molecule has 0 aliphatic heterocycles. The number of rotatable bonds is 13. The third-order valence-corrected chi connectivity index (χ3v) is 9.24. The smallest absolute Gasteiger partial charge is 0.264 e. The molecule has 4 rings (SSSR count). The second-order valence-electron chi connectivity index (χ2n) is 10.3. The molecule has 1 unspecified atom stereocenters. The summed E-state index contributed by atoms with van der Waals surface area (Å²) in [5.41, 5.74) is 3.08.